The van der Waals surface area contributed by atoms with Crippen molar-refractivity contribution in [3.63, 3.8) is 0 Å². The minimum atomic E-state index is -0.243. The van der Waals surface area contributed by atoms with Crippen LogP contribution in [-0.4, -0.2) is 40.5 Å². The Kier molecular flexibility index (Phi) is 3.14. The number of hydrogen-bond donors (Lipinski definition) is 1. The topological polar surface area (TPSA) is 75.2 Å². The Hall–Kier alpha value is -1.50. The van der Waals surface area contributed by atoms with E-state index in [1.165, 1.54) is 11.3 Å². The van der Waals surface area contributed by atoms with Crippen molar-refractivity contribution in [2.24, 2.45) is 5.92 Å². The standard InChI is InChI=1S/C9H12N4O2S/c1-13-3-2-6(4-7(13)14)8(15)11-9-12-10-5-16-9/h5-6H,2-4H2,1H3,(H,11,12,15). The average Bonchev–Trinajstić information content (AvgIpc) is 2.74. The lowest BCUT2D eigenvalue weighted by Gasteiger charge is -2.27. The van der Waals surface area contributed by atoms with E-state index in [9.17, 15) is 9.59 Å². The molecule has 86 valence electrons. The van der Waals surface area contributed by atoms with Crippen molar-refractivity contribution in [1.29, 1.82) is 0 Å². The first kappa shape index (κ1) is 11.0. The highest BCUT2D eigenvalue weighted by molar-refractivity contribution is 7.13. The van der Waals surface area contributed by atoms with Crippen LogP contribution < -0.4 is 5.32 Å². The van der Waals surface area contributed by atoms with E-state index in [4.69, 9.17) is 0 Å². The largest absolute Gasteiger partial charge is 0.346 e. The van der Waals surface area contributed by atoms with Crippen molar-refractivity contribution in [2.45, 2.75) is 12.8 Å². The molecule has 1 N–H and O–H groups in total. The molecule has 1 fully saturated rings. The van der Waals surface area contributed by atoms with Crippen LogP contribution in [0.25, 0.3) is 0 Å². The third kappa shape index (κ3) is 2.35. The summed E-state index contributed by atoms with van der Waals surface area (Å²) in [5.41, 5.74) is 1.55. The lowest BCUT2D eigenvalue weighted by Crippen LogP contribution is -2.39. The van der Waals surface area contributed by atoms with Gasteiger partial charge in [-0.1, -0.05) is 11.3 Å². The van der Waals surface area contributed by atoms with Crippen LogP contribution in [0.15, 0.2) is 5.51 Å². The number of rotatable bonds is 2. The number of amides is 2. The third-order valence-corrected chi connectivity index (χ3v) is 3.23. The highest BCUT2D eigenvalue weighted by atomic mass is 32.1. The smallest absolute Gasteiger partial charge is 0.229 e. The summed E-state index contributed by atoms with van der Waals surface area (Å²) >= 11 is 1.27. The number of nitrogens with zero attached hydrogens (tertiary/aromatic N) is 3. The molecule has 1 atom stereocenters. The summed E-state index contributed by atoms with van der Waals surface area (Å²) in [5, 5.41) is 10.5. The van der Waals surface area contributed by atoms with Gasteiger partial charge in [0.25, 0.3) is 0 Å². The predicted molar refractivity (Wildman–Crippen MR) is 58.9 cm³/mol. The van der Waals surface area contributed by atoms with Crippen molar-refractivity contribution < 1.29 is 9.59 Å². The second kappa shape index (κ2) is 4.56. The molecule has 1 aliphatic heterocycles. The highest BCUT2D eigenvalue weighted by Crippen LogP contribution is 2.19. The molecule has 1 aliphatic rings. The van der Waals surface area contributed by atoms with Crippen LogP contribution >= 0.6 is 11.3 Å². The zero-order valence-electron chi connectivity index (χ0n) is 8.84. The summed E-state index contributed by atoms with van der Waals surface area (Å²) < 4.78 is 0. The fraction of sp³-hybridized carbons (Fsp3) is 0.556. The molecule has 0 bridgehead atoms. The van der Waals surface area contributed by atoms with E-state index in [1.54, 1.807) is 17.5 Å². The second-order valence-corrected chi connectivity index (χ2v) is 4.57. The summed E-state index contributed by atoms with van der Waals surface area (Å²) in [5.74, 6) is -0.366. The van der Waals surface area contributed by atoms with E-state index in [0.29, 0.717) is 18.1 Å². The Morgan fingerprint density at radius 2 is 2.50 bits per heavy atom. The van der Waals surface area contributed by atoms with Crippen molar-refractivity contribution in [1.82, 2.24) is 15.1 Å². The van der Waals surface area contributed by atoms with Crippen LogP contribution in [0.2, 0.25) is 0 Å². The van der Waals surface area contributed by atoms with Gasteiger partial charge in [-0.25, -0.2) is 0 Å². The predicted octanol–water partition coefficient (Wildman–Crippen LogP) is 0.345. The van der Waals surface area contributed by atoms with Gasteiger partial charge < -0.3 is 10.2 Å². The number of likely N-dealkylation sites (tertiary alicyclic amines) is 1. The van der Waals surface area contributed by atoms with Crippen molar-refractivity contribution in [3.05, 3.63) is 5.51 Å². The molecule has 7 heteroatoms. The molecule has 0 saturated carbocycles. The summed E-state index contributed by atoms with van der Waals surface area (Å²) in [6.07, 6.45) is 0.980. The van der Waals surface area contributed by atoms with Crippen LogP contribution in [-0.2, 0) is 9.59 Å². The van der Waals surface area contributed by atoms with Crippen LogP contribution in [0.1, 0.15) is 12.8 Å². The molecule has 0 aliphatic carbocycles. The first-order valence-electron chi connectivity index (χ1n) is 4.98. The first-order valence-corrected chi connectivity index (χ1v) is 5.86. The maximum atomic E-state index is 11.8. The number of aromatic nitrogens is 2. The van der Waals surface area contributed by atoms with Gasteiger partial charge in [0.2, 0.25) is 16.9 Å². The molecular formula is C9H12N4O2S. The molecule has 0 aromatic carbocycles. The summed E-state index contributed by atoms with van der Waals surface area (Å²) in [7, 11) is 1.75. The average molecular weight is 240 g/mol. The number of piperidine rings is 1. The van der Waals surface area contributed by atoms with Gasteiger partial charge in [-0.15, -0.1) is 10.2 Å². The molecule has 2 rings (SSSR count). The van der Waals surface area contributed by atoms with Gasteiger partial charge in [-0.05, 0) is 6.42 Å². The normalized spacial score (nSPS) is 20.9. The minimum absolute atomic E-state index is 0.0173. The van der Waals surface area contributed by atoms with Crippen LogP contribution in [0.4, 0.5) is 5.13 Å². The van der Waals surface area contributed by atoms with Gasteiger partial charge in [-0.2, -0.15) is 0 Å². The molecule has 1 saturated heterocycles. The van der Waals surface area contributed by atoms with E-state index in [1.807, 2.05) is 0 Å². The molecule has 0 spiro atoms. The fourth-order valence-corrected chi connectivity index (χ4v) is 2.05. The minimum Gasteiger partial charge on any atom is -0.346 e. The monoisotopic (exact) mass is 240 g/mol. The lowest BCUT2D eigenvalue weighted by molar-refractivity contribution is -0.137. The quantitative estimate of drug-likeness (QED) is 0.809. The number of hydrogen-bond acceptors (Lipinski definition) is 5. The number of nitrogens with one attached hydrogen (secondary N) is 1. The lowest BCUT2D eigenvalue weighted by atomic mass is 9.96. The molecule has 6 nitrogen and oxygen atoms in total. The van der Waals surface area contributed by atoms with Gasteiger partial charge >= 0.3 is 0 Å². The molecule has 1 unspecified atom stereocenters. The van der Waals surface area contributed by atoms with Crippen molar-refractivity contribution in [2.75, 3.05) is 18.9 Å². The highest BCUT2D eigenvalue weighted by Gasteiger charge is 2.28. The maximum absolute atomic E-state index is 11.8. The molecule has 2 heterocycles. The SMILES string of the molecule is CN1CCC(C(=O)Nc2nncs2)CC1=O. The van der Waals surface area contributed by atoms with Gasteiger partial charge in [0.05, 0.1) is 0 Å². The number of carbonyl (C=O) groups excluding carboxylic acids is 2. The molecule has 1 aromatic heterocycles. The summed E-state index contributed by atoms with van der Waals surface area (Å²) in [6, 6.07) is 0. The maximum Gasteiger partial charge on any atom is 0.229 e. The molecule has 1 aromatic rings. The Morgan fingerprint density at radius 1 is 1.69 bits per heavy atom. The zero-order chi connectivity index (χ0) is 11.5. The van der Waals surface area contributed by atoms with E-state index >= 15 is 0 Å². The van der Waals surface area contributed by atoms with Gasteiger partial charge in [0.1, 0.15) is 5.51 Å². The Morgan fingerprint density at radius 3 is 3.12 bits per heavy atom. The third-order valence-electron chi connectivity index (χ3n) is 2.62. The number of carbonyl (C=O) groups is 2. The Labute approximate surface area is 96.7 Å². The zero-order valence-corrected chi connectivity index (χ0v) is 9.66. The van der Waals surface area contributed by atoms with Gasteiger partial charge in [0.15, 0.2) is 0 Å². The van der Waals surface area contributed by atoms with E-state index in [-0.39, 0.29) is 24.2 Å². The second-order valence-electron chi connectivity index (χ2n) is 3.74. The Balaban J connectivity index is 1.93. The summed E-state index contributed by atoms with van der Waals surface area (Å²) in [4.78, 5) is 24.9. The number of anilines is 1. The Bertz CT molecular complexity index is 392. The summed E-state index contributed by atoms with van der Waals surface area (Å²) in [6.45, 7) is 0.632. The van der Waals surface area contributed by atoms with Crippen LogP contribution in [0.3, 0.4) is 0 Å². The molecule has 2 amide bonds. The van der Waals surface area contributed by atoms with Crippen molar-refractivity contribution >= 4 is 28.3 Å². The molecule has 0 radical (unpaired) electrons. The van der Waals surface area contributed by atoms with Crippen LogP contribution in [0, 0.1) is 5.92 Å². The van der Waals surface area contributed by atoms with Crippen LogP contribution in [0.5, 0.6) is 0 Å². The van der Waals surface area contributed by atoms with E-state index in [2.05, 4.69) is 15.5 Å². The molecular weight excluding hydrogens is 228 g/mol. The van der Waals surface area contributed by atoms with Crippen molar-refractivity contribution in [3.8, 4) is 0 Å². The molecule has 16 heavy (non-hydrogen) atoms. The van der Waals surface area contributed by atoms with Gasteiger partial charge in [0, 0.05) is 25.9 Å². The van der Waals surface area contributed by atoms with E-state index < -0.39 is 0 Å². The van der Waals surface area contributed by atoms with E-state index in [0.717, 1.165) is 0 Å². The fourth-order valence-electron chi connectivity index (χ4n) is 1.60. The first-order chi connectivity index (χ1) is 7.66. The van der Waals surface area contributed by atoms with Gasteiger partial charge in [-0.3, -0.25) is 9.59 Å².